The number of methoxy groups -OCH3 is 1. The SMILES string of the molecule is CC.COC(=O)C(C)(C)C(c1ccc(N2CCOCC2)cc1)c1cccs1. The van der Waals surface area contributed by atoms with E-state index in [0.29, 0.717) is 0 Å². The molecule has 1 unspecified atom stereocenters. The molecule has 5 heteroatoms. The molecule has 148 valence electrons. The minimum atomic E-state index is -0.639. The molecule has 3 rings (SSSR count). The number of hydrogen-bond acceptors (Lipinski definition) is 5. The quantitative estimate of drug-likeness (QED) is 0.679. The Morgan fingerprint density at radius 1 is 1.15 bits per heavy atom. The first kappa shape index (κ1) is 21.5. The van der Waals surface area contributed by atoms with Crippen molar-refractivity contribution in [2.75, 3.05) is 38.3 Å². The number of rotatable bonds is 5. The molecule has 1 aliphatic rings. The highest BCUT2D eigenvalue weighted by molar-refractivity contribution is 7.10. The summed E-state index contributed by atoms with van der Waals surface area (Å²) in [5.74, 6) is -0.221. The number of thiophene rings is 1. The van der Waals surface area contributed by atoms with Gasteiger partial charge in [-0.3, -0.25) is 4.79 Å². The van der Waals surface area contributed by atoms with Crippen molar-refractivity contribution >= 4 is 23.0 Å². The molecular formula is C22H31NO3S. The van der Waals surface area contributed by atoms with Gasteiger partial charge in [0.1, 0.15) is 0 Å². The molecule has 0 spiro atoms. The van der Waals surface area contributed by atoms with Gasteiger partial charge in [0.25, 0.3) is 0 Å². The number of nitrogens with zero attached hydrogens (tertiary/aromatic N) is 1. The van der Waals surface area contributed by atoms with Crippen LogP contribution >= 0.6 is 11.3 Å². The zero-order valence-corrected chi connectivity index (χ0v) is 17.8. The van der Waals surface area contributed by atoms with Crippen LogP contribution in [0.3, 0.4) is 0 Å². The number of anilines is 1. The molecule has 1 aromatic heterocycles. The third-order valence-corrected chi connectivity index (χ3v) is 5.80. The molecule has 1 fully saturated rings. The maximum Gasteiger partial charge on any atom is 0.312 e. The van der Waals surface area contributed by atoms with E-state index in [9.17, 15) is 4.79 Å². The molecule has 0 radical (unpaired) electrons. The van der Waals surface area contributed by atoms with E-state index in [0.717, 1.165) is 31.9 Å². The Labute approximate surface area is 167 Å². The summed E-state index contributed by atoms with van der Waals surface area (Å²) < 4.78 is 10.5. The van der Waals surface area contributed by atoms with Crippen molar-refractivity contribution in [1.29, 1.82) is 0 Å². The van der Waals surface area contributed by atoms with E-state index in [-0.39, 0.29) is 11.9 Å². The molecule has 0 N–H and O–H groups in total. The minimum absolute atomic E-state index is 0.0290. The first-order valence-electron chi connectivity index (χ1n) is 9.58. The highest BCUT2D eigenvalue weighted by Gasteiger charge is 2.40. The molecule has 0 amide bonds. The van der Waals surface area contributed by atoms with E-state index in [1.165, 1.54) is 17.7 Å². The van der Waals surface area contributed by atoms with Crippen molar-refractivity contribution in [3.63, 3.8) is 0 Å². The van der Waals surface area contributed by atoms with Crippen LogP contribution in [0, 0.1) is 5.41 Å². The maximum atomic E-state index is 12.4. The summed E-state index contributed by atoms with van der Waals surface area (Å²) in [6.07, 6.45) is 0. The van der Waals surface area contributed by atoms with Crippen LogP contribution in [-0.2, 0) is 14.3 Å². The zero-order valence-electron chi connectivity index (χ0n) is 17.0. The number of ether oxygens (including phenoxy) is 2. The Hall–Kier alpha value is -1.85. The summed E-state index contributed by atoms with van der Waals surface area (Å²) in [7, 11) is 1.46. The third-order valence-electron chi connectivity index (χ3n) is 4.86. The summed E-state index contributed by atoms with van der Waals surface area (Å²) in [5, 5.41) is 2.05. The Morgan fingerprint density at radius 2 is 1.78 bits per heavy atom. The number of esters is 1. The molecule has 1 aromatic carbocycles. The standard InChI is InChI=1S/C20H25NO3S.C2H6/c1-20(2,19(22)23-3)18(17-5-4-14-25-17)15-6-8-16(9-7-15)21-10-12-24-13-11-21;1-2/h4-9,14,18H,10-13H2,1-3H3;1-2H3. The van der Waals surface area contributed by atoms with Crippen molar-refractivity contribution in [3.8, 4) is 0 Å². The molecule has 1 saturated heterocycles. The number of benzene rings is 1. The summed E-state index contributed by atoms with van der Waals surface area (Å²) in [6, 6.07) is 12.7. The van der Waals surface area contributed by atoms with Gasteiger partial charge in [-0.15, -0.1) is 11.3 Å². The number of carbonyl (C=O) groups is 1. The fourth-order valence-electron chi connectivity index (χ4n) is 3.47. The van der Waals surface area contributed by atoms with Gasteiger partial charge >= 0.3 is 5.97 Å². The van der Waals surface area contributed by atoms with E-state index >= 15 is 0 Å². The van der Waals surface area contributed by atoms with Crippen LogP contribution in [-0.4, -0.2) is 39.4 Å². The first-order chi connectivity index (χ1) is 13.0. The largest absolute Gasteiger partial charge is 0.469 e. The lowest BCUT2D eigenvalue weighted by atomic mass is 9.74. The van der Waals surface area contributed by atoms with Crippen molar-refractivity contribution in [1.82, 2.24) is 0 Å². The van der Waals surface area contributed by atoms with Gasteiger partial charge in [0.05, 0.1) is 25.7 Å². The molecule has 1 atom stereocenters. The molecule has 4 nitrogen and oxygen atoms in total. The monoisotopic (exact) mass is 389 g/mol. The predicted molar refractivity (Wildman–Crippen MR) is 113 cm³/mol. The van der Waals surface area contributed by atoms with E-state index in [2.05, 4.69) is 40.6 Å². The average molecular weight is 390 g/mol. The van der Waals surface area contributed by atoms with Gasteiger partial charge in [-0.2, -0.15) is 0 Å². The number of morpholine rings is 1. The summed E-state index contributed by atoms with van der Waals surface area (Å²) in [5.41, 5.74) is 1.70. The van der Waals surface area contributed by atoms with Crippen LogP contribution < -0.4 is 4.90 Å². The fourth-order valence-corrected chi connectivity index (χ4v) is 4.51. The van der Waals surface area contributed by atoms with Gasteiger partial charge in [0.15, 0.2) is 0 Å². The average Bonchev–Trinajstić information content (AvgIpc) is 3.24. The molecule has 0 bridgehead atoms. The molecule has 27 heavy (non-hydrogen) atoms. The van der Waals surface area contributed by atoms with Crippen molar-refractivity contribution < 1.29 is 14.3 Å². The Kier molecular flexibility index (Phi) is 7.87. The lowest BCUT2D eigenvalue weighted by Crippen LogP contribution is -2.36. The van der Waals surface area contributed by atoms with Crippen LogP contribution in [0.5, 0.6) is 0 Å². The maximum absolute atomic E-state index is 12.4. The Balaban J connectivity index is 0.00000126. The van der Waals surface area contributed by atoms with E-state index in [1.807, 2.05) is 33.8 Å². The number of carbonyl (C=O) groups excluding carboxylic acids is 1. The predicted octanol–water partition coefficient (Wildman–Crippen LogP) is 4.94. The third kappa shape index (κ3) is 4.90. The Bertz CT molecular complexity index is 689. The Morgan fingerprint density at radius 3 is 2.30 bits per heavy atom. The molecule has 2 aromatic rings. The van der Waals surface area contributed by atoms with E-state index < -0.39 is 5.41 Å². The molecule has 1 aliphatic heterocycles. The van der Waals surface area contributed by atoms with Crippen LogP contribution in [0.1, 0.15) is 44.1 Å². The second kappa shape index (κ2) is 9.90. The van der Waals surface area contributed by atoms with Crippen molar-refractivity contribution in [2.45, 2.75) is 33.6 Å². The van der Waals surface area contributed by atoms with Gasteiger partial charge in [-0.25, -0.2) is 0 Å². The van der Waals surface area contributed by atoms with Crippen LogP contribution in [0.4, 0.5) is 5.69 Å². The first-order valence-corrected chi connectivity index (χ1v) is 10.5. The van der Waals surface area contributed by atoms with Gasteiger partial charge < -0.3 is 14.4 Å². The smallest absolute Gasteiger partial charge is 0.312 e. The second-order valence-electron chi connectivity index (χ2n) is 6.85. The van der Waals surface area contributed by atoms with E-state index in [4.69, 9.17) is 9.47 Å². The lowest BCUT2D eigenvalue weighted by Gasteiger charge is -2.32. The van der Waals surface area contributed by atoms with Crippen LogP contribution in [0.25, 0.3) is 0 Å². The van der Waals surface area contributed by atoms with Crippen LogP contribution in [0.15, 0.2) is 41.8 Å². The number of hydrogen-bond donors (Lipinski definition) is 0. The lowest BCUT2D eigenvalue weighted by molar-refractivity contribution is -0.151. The van der Waals surface area contributed by atoms with Gasteiger partial charge in [0.2, 0.25) is 0 Å². The topological polar surface area (TPSA) is 38.8 Å². The fraction of sp³-hybridized carbons (Fsp3) is 0.500. The highest BCUT2D eigenvalue weighted by Crippen LogP contribution is 2.43. The van der Waals surface area contributed by atoms with Crippen LogP contribution in [0.2, 0.25) is 0 Å². The molecule has 0 aliphatic carbocycles. The summed E-state index contributed by atoms with van der Waals surface area (Å²) in [6.45, 7) is 11.3. The second-order valence-corrected chi connectivity index (χ2v) is 7.83. The highest BCUT2D eigenvalue weighted by atomic mass is 32.1. The van der Waals surface area contributed by atoms with Gasteiger partial charge in [-0.05, 0) is 43.0 Å². The molecular weight excluding hydrogens is 358 g/mol. The van der Waals surface area contributed by atoms with Gasteiger partial charge in [-0.1, -0.05) is 32.0 Å². The van der Waals surface area contributed by atoms with E-state index in [1.54, 1.807) is 11.3 Å². The summed E-state index contributed by atoms with van der Waals surface area (Å²) >= 11 is 1.68. The molecule has 2 heterocycles. The summed E-state index contributed by atoms with van der Waals surface area (Å²) in [4.78, 5) is 15.9. The zero-order chi connectivity index (χ0) is 19.9. The minimum Gasteiger partial charge on any atom is -0.469 e. The normalized spacial score (nSPS) is 15.5. The van der Waals surface area contributed by atoms with Crippen molar-refractivity contribution in [3.05, 3.63) is 52.2 Å². The van der Waals surface area contributed by atoms with Crippen molar-refractivity contribution in [2.24, 2.45) is 5.41 Å². The van der Waals surface area contributed by atoms with Gasteiger partial charge in [0, 0.05) is 29.6 Å². The molecule has 0 saturated carbocycles.